The van der Waals surface area contributed by atoms with Crippen molar-refractivity contribution >= 4 is 21.4 Å². The molecule has 0 saturated carbocycles. The highest BCUT2D eigenvalue weighted by Gasteiger charge is 2.18. The van der Waals surface area contributed by atoms with Crippen molar-refractivity contribution in [3.05, 3.63) is 12.7 Å². The molecule has 0 saturated heterocycles. The zero-order valence-electron chi connectivity index (χ0n) is 5.93. The summed E-state index contributed by atoms with van der Waals surface area (Å²) in [5.41, 5.74) is 0. The molecule has 1 aromatic rings. The zero-order valence-corrected chi connectivity index (χ0v) is 7.56. The van der Waals surface area contributed by atoms with Crippen LogP contribution in [0, 0.1) is 0 Å². The maximum Gasteiger partial charge on any atom is 0.379 e. The molecule has 0 bridgehead atoms. The molecule has 1 aromatic heterocycles. The minimum Gasteiger partial charge on any atom is -0.243 e. The summed E-state index contributed by atoms with van der Waals surface area (Å²) in [6.07, 6.45) is 1.24. The smallest absolute Gasteiger partial charge is 0.243 e. The van der Waals surface area contributed by atoms with Gasteiger partial charge in [-0.3, -0.25) is 0 Å². The van der Waals surface area contributed by atoms with Crippen molar-refractivity contribution < 1.29 is 13.5 Å². The predicted octanol–water partition coefficient (Wildman–Crippen LogP) is 0.642. The number of hydrogen-bond acceptors (Lipinski definition) is 5. The van der Waals surface area contributed by atoms with Gasteiger partial charge in [-0.1, -0.05) is 6.08 Å². The Kier molecular flexibility index (Phi) is 2.43. The summed E-state index contributed by atoms with van der Waals surface area (Å²) in [4.78, 5) is 3.22. The van der Waals surface area contributed by atoms with E-state index < -0.39 is 15.8 Å². The number of hydrogen-bond donors (Lipinski definition) is 0. The van der Waals surface area contributed by atoms with Gasteiger partial charge in [0.2, 0.25) is 14.2 Å². The Bertz CT molecular complexity index is 381. The molecule has 0 atom stereocenters. The Morgan fingerprint density at radius 3 is 2.67 bits per heavy atom. The fourth-order valence-electron chi connectivity index (χ4n) is 0.550. The Balaban J connectivity index is 3.06. The van der Waals surface area contributed by atoms with Gasteiger partial charge in [0.05, 0.1) is 5.75 Å². The van der Waals surface area contributed by atoms with Crippen LogP contribution in [0.4, 0.5) is 0 Å². The third-order valence-corrected chi connectivity index (χ3v) is 3.77. The largest absolute Gasteiger partial charge is 0.379 e. The van der Waals surface area contributed by atoms with Gasteiger partial charge in [-0.05, 0) is 0 Å². The van der Waals surface area contributed by atoms with Gasteiger partial charge in [-0.25, -0.2) is 13.5 Å². The molecule has 0 aliphatic rings. The minimum atomic E-state index is -3.46. The van der Waals surface area contributed by atoms with Gasteiger partial charge >= 0.3 is 6.01 Å². The Morgan fingerprint density at radius 2 is 2.25 bits per heavy atom. The van der Waals surface area contributed by atoms with Crippen molar-refractivity contribution in [2.75, 3.05) is 5.75 Å². The summed E-state index contributed by atoms with van der Waals surface area (Å²) < 4.78 is 25.3. The van der Waals surface area contributed by atoms with Crippen LogP contribution in [0.15, 0.2) is 17.0 Å². The Labute approximate surface area is 73.5 Å². The first-order valence-electron chi connectivity index (χ1n) is 2.90. The van der Waals surface area contributed by atoms with E-state index in [1.54, 1.807) is 0 Å². The van der Waals surface area contributed by atoms with Crippen molar-refractivity contribution in [1.82, 2.24) is 9.36 Å². The van der Waals surface area contributed by atoms with E-state index in [0.717, 1.165) is 0 Å². The van der Waals surface area contributed by atoms with Crippen molar-refractivity contribution in [2.45, 2.75) is 4.34 Å². The van der Waals surface area contributed by atoms with Gasteiger partial charge in [-0.2, -0.15) is 4.98 Å². The van der Waals surface area contributed by atoms with E-state index in [9.17, 15) is 13.5 Å². The number of rotatable bonds is 3. The number of nitrogens with zero attached hydrogens (tertiary/aromatic N) is 2. The van der Waals surface area contributed by atoms with Crippen LogP contribution in [0.3, 0.4) is 0 Å². The summed E-state index contributed by atoms with van der Waals surface area (Å²) in [6.45, 7) is 3.28. The van der Waals surface area contributed by atoms with Crippen LogP contribution in [-0.4, -0.2) is 23.5 Å². The molecule has 12 heavy (non-hydrogen) atoms. The Morgan fingerprint density at radius 1 is 1.58 bits per heavy atom. The second-order valence-corrected chi connectivity index (χ2v) is 4.87. The first-order chi connectivity index (χ1) is 5.56. The summed E-state index contributed by atoms with van der Waals surface area (Å²) in [5, 5.41) is 10.4. The fraction of sp³-hybridized carbons (Fsp3) is 0.200. The lowest BCUT2D eigenvalue weighted by molar-refractivity contribution is 0.323. The summed E-state index contributed by atoms with van der Waals surface area (Å²) >= 11 is 0.587. The molecule has 0 aromatic carbocycles. The van der Waals surface area contributed by atoms with Gasteiger partial charge < -0.3 is 0 Å². The van der Waals surface area contributed by atoms with Crippen LogP contribution in [0.2, 0.25) is 0 Å². The normalized spacial score (nSPS) is 11.3. The molecule has 0 N–H and O–H groups in total. The molecule has 0 spiro atoms. The van der Waals surface area contributed by atoms with Crippen molar-refractivity contribution in [3.8, 4) is 6.01 Å². The standard InChI is InChI=1S/C5H5N2O3S2/c1-2-3-12(9,10)5-6-4(8)7-11-5/h2H,1,3H2. The van der Waals surface area contributed by atoms with Gasteiger partial charge in [0.25, 0.3) is 0 Å². The highest BCUT2D eigenvalue weighted by atomic mass is 32.2. The van der Waals surface area contributed by atoms with Crippen molar-refractivity contribution in [1.29, 1.82) is 0 Å². The first-order valence-corrected chi connectivity index (χ1v) is 5.33. The highest BCUT2D eigenvalue weighted by molar-refractivity contribution is 7.93. The SMILES string of the molecule is C=CCS(=O)(=O)c1nc([O])ns1. The summed E-state index contributed by atoms with van der Waals surface area (Å²) in [7, 11) is -3.46. The lowest BCUT2D eigenvalue weighted by Crippen LogP contribution is -2.03. The van der Waals surface area contributed by atoms with Crippen LogP contribution in [0.25, 0.3) is 0 Å². The van der Waals surface area contributed by atoms with E-state index >= 15 is 0 Å². The third kappa shape index (κ3) is 1.80. The molecule has 1 rings (SSSR count). The van der Waals surface area contributed by atoms with Crippen LogP contribution < -0.4 is 0 Å². The molecule has 5 nitrogen and oxygen atoms in total. The summed E-state index contributed by atoms with van der Waals surface area (Å²) in [6, 6.07) is -0.761. The average molecular weight is 205 g/mol. The van der Waals surface area contributed by atoms with Gasteiger partial charge in [0.1, 0.15) is 0 Å². The highest BCUT2D eigenvalue weighted by Crippen LogP contribution is 2.16. The second-order valence-electron chi connectivity index (χ2n) is 1.91. The van der Waals surface area contributed by atoms with E-state index in [1.165, 1.54) is 6.08 Å². The van der Waals surface area contributed by atoms with Gasteiger partial charge in [0.15, 0.2) is 0 Å². The quantitative estimate of drug-likeness (QED) is 0.678. The van der Waals surface area contributed by atoms with E-state index in [2.05, 4.69) is 15.9 Å². The van der Waals surface area contributed by atoms with Crippen molar-refractivity contribution in [3.63, 3.8) is 0 Å². The average Bonchev–Trinajstić information content (AvgIpc) is 2.36. The van der Waals surface area contributed by atoms with E-state index in [4.69, 9.17) is 0 Å². The molecule has 0 unspecified atom stereocenters. The molecule has 65 valence electrons. The van der Waals surface area contributed by atoms with Gasteiger partial charge in [0, 0.05) is 11.5 Å². The molecule has 0 aliphatic heterocycles. The Hall–Kier alpha value is -0.950. The second kappa shape index (κ2) is 3.20. The fourth-order valence-corrected chi connectivity index (χ4v) is 2.31. The minimum absolute atomic E-state index is 0.221. The van der Waals surface area contributed by atoms with Gasteiger partial charge in [-0.15, -0.1) is 11.0 Å². The summed E-state index contributed by atoms with van der Waals surface area (Å²) in [5.74, 6) is -0.221. The molecule has 7 heteroatoms. The maximum atomic E-state index is 11.1. The van der Waals surface area contributed by atoms with E-state index in [1.807, 2.05) is 0 Å². The molecular weight excluding hydrogens is 200 g/mol. The van der Waals surface area contributed by atoms with E-state index in [-0.39, 0.29) is 10.1 Å². The van der Waals surface area contributed by atoms with Crippen LogP contribution in [0.5, 0.6) is 6.01 Å². The molecule has 1 heterocycles. The molecule has 0 fully saturated rings. The first kappa shape index (κ1) is 9.14. The number of sulfone groups is 1. The molecule has 0 amide bonds. The monoisotopic (exact) mass is 205 g/mol. The lowest BCUT2D eigenvalue weighted by atomic mass is 10.8. The van der Waals surface area contributed by atoms with Crippen LogP contribution in [0.1, 0.15) is 0 Å². The van der Waals surface area contributed by atoms with Crippen LogP contribution >= 0.6 is 11.5 Å². The van der Waals surface area contributed by atoms with E-state index in [0.29, 0.717) is 11.5 Å². The predicted molar refractivity (Wildman–Crippen MR) is 42.3 cm³/mol. The molecular formula is C5H5N2O3S2. The lowest BCUT2D eigenvalue weighted by Gasteiger charge is -1.91. The third-order valence-electron chi connectivity index (χ3n) is 0.992. The van der Waals surface area contributed by atoms with Crippen LogP contribution in [-0.2, 0) is 14.9 Å². The van der Waals surface area contributed by atoms with Crippen molar-refractivity contribution in [2.24, 2.45) is 0 Å². The molecule has 1 radical (unpaired) electrons. The zero-order chi connectivity index (χ0) is 9.19. The topological polar surface area (TPSA) is 79.8 Å². The number of aromatic nitrogens is 2. The molecule has 0 aliphatic carbocycles. The maximum absolute atomic E-state index is 11.1.